The Morgan fingerprint density at radius 2 is 1.91 bits per heavy atom. The lowest BCUT2D eigenvalue weighted by Gasteiger charge is -2.17. The molecule has 10 heteroatoms. The molecular formula is C22H25N5O2S3. The fourth-order valence-corrected chi connectivity index (χ4v) is 5.76. The van der Waals surface area contributed by atoms with E-state index in [1.165, 1.54) is 51.1 Å². The van der Waals surface area contributed by atoms with Gasteiger partial charge in [0.2, 0.25) is 16.9 Å². The molecule has 2 aromatic heterocycles. The highest BCUT2D eigenvalue weighted by Crippen LogP contribution is 2.36. The Morgan fingerprint density at radius 3 is 2.62 bits per heavy atom. The first-order chi connectivity index (χ1) is 15.4. The molecule has 0 bridgehead atoms. The van der Waals surface area contributed by atoms with Crippen molar-refractivity contribution in [1.29, 1.82) is 0 Å². The molecule has 1 aliphatic carbocycles. The van der Waals surface area contributed by atoms with Crippen LogP contribution in [0.2, 0.25) is 0 Å². The van der Waals surface area contributed by atoms with Crippen LogP contribution in [0, 0.1) is 20.8 Å². The molecule has 2 amide bonds. The summed E-state index contributed by atoms with van der Waals surface area (Å²) < 4.78 is 0.676. The Balaban J connectivity index is 1.35. The van der Waals surface area contributed by atoms with E-state index in [0.717, 1.165) is 24.1 Å². The zero-order chi connectivity index (χ0) is 22.8. The van der Waals surface area contributed by atoms with Crippen LogP contribution in [0.25, 0.3) is 11.3 Å². The van der Waals surface area contributed by atoms with Gasteiger partial charge in [-0.1, -0.05) is 36.1 Å². The molecule has 168 valence electrons. The zero-order valence-corrected chi connectivity index (χ0v) is 20.9. The Labute approximate surface area is 199 Å². The van der Waals surface area contributed by atoms with Gasteiger partial charge in [0.25, 0.3) is 0 Å². The molecule has 1 saturated carbocycles. The lowest BCUT2D eigenvalue weighted by Crippen LogP contribution is -2.32. The predicted octanol–water partition coefficient (Wildman–Crippen LogP) is 5.22. The molecule has 0 radical (unpaired) electrons. The molecule has 1 N–H and O–H groups in total. The van der Waals surface area contributed by atoms with Crippen molar-refractivity contribution >= 4 is 56.5 Å². The number of nitrogens with one attached hydrogen (secondary N) is 1. The summed E-state index contributed by atoms with van der Waals surface area (Å²) in [4.78, 5) is 31.0. The smallest absolute Gasteiger partial charge is 0.236 e. The monoisotopic (exact) mass is 487 g/mol. The summed E-state index contributed by atoms with van der Waals surface area (Å²) in [6.07, 6.45) is 2.46. The average Bonchev–Trinajstić information content (AvgIpc) is 3.29. The molecule has 7 nitrogen and oxygen atoms in total. The highest BCUT2D eigenvalue weighted by Gasteiger charge is 2.35. The first-order valence-corrected chi connectivity index (χ1v) is 13.2. The molecule has 0 saturated heterocycles. The molecule has 0 unspecified atom stereocenters. The highest BCUT2D eigenvalue weighted by molar-refractivity contribution is 8.01. The number of carbonyl (C=O) groups excluding carboxylic acids is 2. The van der Waals surface area contributed by atoms with Gasteiger partial charge in [-0.25, -0.2) is 4.98 Å². The molecule has 0 spiro atoms. The molecule has 0 aliphatic heterocycles. The van der Waals surface area contributed by atoms with Crippen LogP contribution in [-0.4, -0.2) is 38.8 Å². The van der Waals surface area contributed by atoms with E-state index < -0.39 is 0 Å². The Hall–Kier alpha value is -2.30. The normalized spacial score (nSPS) is 13.2. The van der Waals surface area contributed by atoms with E-state index in [1.807, 2.05) is 12.3 Å². The van der Waals surface area contributed by atoms with E-state index in [4.69, 9.17) is 0 Å². The third-order valence-corrected chi connectivity index (χ3v) is 8.09. The molecule has 32 heavy (non-hydrogen) atoms. The van der Waals surface area contributed by atoms with Crippen LogP contribution in [0.4, 0.5) is 10.3 Å². The number of carbonyl (C=O) groups is 2. The second-order valence-corrected chi connectivity index (χ2v) is 10.9. The van der Waals surface area contributed by atoms with E-state index in [2.05, 4.69) is 53.4 Å². The van der Waals surface area contributed by atoms with Gasteiger partial charge in [-0.05, 0) is 56.4 Å². The molecule has 1 aliphatic rings. The summed E-state index contributed by atoms with van der Waals surface area (Å²) in [6.45, 7) is 8.11. The van der Waals surface area contributed by atoms with E-state index in [-0.39, 0.29) is 23.6 Å². The average molecular weight is 488 g/mol. The van der Waals surface area contributed by atoms with Gasteiger partial charge in [0, 0.05) is 23.4 Å². The van der Waals surface area contributed by atoms with Crippen molar-refractivity contribution in [2.75, 3.05) is 16.0 Å². The largest absolute Gasteiger partial charge is 0.301 e. The molecule has 1 fully saturated rings. The summed E-state index contributed by atoms with van der Waals surface area (Å²) in [5, 5.41) is 14.4. The second kappa shape index (κ2) is 9.68. The van der Waals surface area contributed by atoms with Crippen molar-refractivity contribution in [3.8, 4) is 11.3 Å². The number of aryl methyl sites for hydroxylation is 3. The Kier molecular flexibility index (Phi) is 6.92. The van der Waals surface area contributed by atoms with Crippen molar-refractivity contribution in [3.05, 3.63) is 34.2 Å². The fraction of sp³-hybridized carbons (Fsp3) is 0.409. The van der Waals surface area contributed by atoms with Crippen LogP contribution >= 0.6 is 34.4 Å². The van der Waals surface area contributed by atoms with Gasteiger partial charge in [0.05, 0.1) is 11.4 Å². The summed E-state index contributed by atoms with van der Waals surface area (Å²) >= 11 is 4.09. The Morgan fingerprint density at radius 1 is 1.16 bits per heavy atom. The zero-order valence-electron chi connectivity index (χ0n) is 18.5. The number of nitrogens with zero attached hydrogens (tertiary/aromatic N) is 4. The summed E-state index contributed by atoms with van der Waals surface area (Å²) in [5.41, 5.74) is 5.60. The molecule has 0 atom stereocenters. The maximum Gasteiger partial charge on any atom is 0.236 e. The van der Waals surface area contributed by atoms with E-state index >= 15 is 0 Å². The molecule has 3 aromatic rings. The molecule has 1 aromatic carbocycles. The number of thiazole rings is 1. The predicted molar refractivity (Wildman–Crippen MR) is 132 cm³/mol. The van der Waals surface area contributed by atoms with Crippen molar-refractivity contribution in [2.45, 2.75) is 57.3 Å². The van der Waals surface area contributed by atoms with Gasteiger partial charge in [0.1, 0.15) is 0 Å². The number of aromatic nitrogens is 3. The molecule has 4 rings (SSSR count). The van der Waals surface area contributed by atoms with E-state index in [0.29, 0.717) is 21.0 Å². The lowest BCUT2D eigenvalue weighted by atomic mass is 9.99. The van der Waals surface area contributed by atoms with Crippen LogP contribution in [0.3, 0.4) is 0 Å². The van der Waals surface area contributed by atoms with Crippen LogP contribution in [0.15, 0.2) is 21.9 Å². The van der Waals surface area contributed by atoms with Crippen molar-refractivity contribution in [1.82, 2.24) is 15.2 Å². The number of amides is 2. The van der Waals surface area contributed by atoms with Crippen molar-refractivity contribution in [3.63, 3.8) is 0 Å². The van der Waals surface area contributed by atoms with Gasteiger partial charge in [-0.3, -0.25) is 14.5 Å². The van der Waals surface area contributed by atoms with Gasteiger partial charge >= 0.3 is 0 Å². The first-order valence-electron chi connectivity index (χ1n) is 10.5. The summed E-state index contributed by atoms with van der Waals surface area (Å²) in [5.74, 6) is 0.127. The van der Waals surface area contributed by atoms with Gasteiger partial charge in [-0.15, -0.1) is 21.5 Å². The van der Waals surface area contributed by atoms with Gasteiger partial charge < -0.3 is 5.32 Å². The summed E-state index contributed by atoms with van der Waals surface area (Å²) in [7, 11) is 0. The number of benzene rings is 1. The number of hydrogen-bond donors (Lipinski definition) is 1. The molecule has 2 heterocycles. The third kappa shape index (κ3) is 5.19. The SMILES string of the molecule is CCC(=O)N(c1nnc(SCC(=O)Nc2nc(-c3cc(C)c(C)cc3C)cs2)s1)C1CC1. The highest BCUT2D eigenvalue weighted by atomic mass is 32.2. The van der Waals surface area contributed by atoms with Crippen LogP contribution in [-0.2, 0) is 9.59 Å². The minimum atomic E-state index is -0.145. The maximum absolute atomic E-state index is 12.4. The lowest BCUT2D eigenvalue weighted by molar-refractivity contribution is -0.118. The van der Waals surface area contributed by atoms with E-state index in [1.54, 1.807) is 4.90 Å². The summed E-state index contributed by atoms with van der Waals surface area (Å²) in [6, 6.07) is 4.55. The quantitative estimate of drug-likeness (QED) is 0.346. The van der Waals surface area contributed by atoms with Gasteiger partial charge in [0.15, 0.2) is 9.47 Å². The maximum atomic E-state index is 12.4. The second-order valence-electron chi connectivity index (χ2n) is 7.83. The van der Waals surface area contributed by atoms with Crippen molar-refractivity contribution < 1.29 is 9.59 Å². The minimum absolute atomic E-state index is 0.0662. The van der Waals surface area contributed by atoms with Gasteiger partial charge in [-0.2, -0.15) is 0 Å². The number of thioether (sulfide) groups is 1. The third-order valence-electron chi connectivity index (χ3n) is 5.28. The van der Waals surface area contributed by atoms with Crippen LogP contribution in [0.1, 0.15) is 42.9 Å². The van der Waals surface area contributed by atoms with E-state index in [9.17, 15) is 9.59 Å². The number of rotatable bonds is 8. The standard InChI is InChI=1S/C22H25N5O2S3/c1-5-19(29)27(15-6-7-15)21-25-26-22(32-21)31-11-18(28)24-20-23-17(10-30-20)16-9-13(3)12(2)8-14(16)4/h8-10,15H,5-7,11H2,1-4H3,(H,23,24,28). The fourth-order valence-electron chi connectivity index (χ4n) is 3.30. The van der Waals surface area contributed by atoms with Crippen LogP contribution < -0.4 is 10.2 Å². The minimum Gasteiger partial charge on any atom is -0.301 e. The van der Waals surface area contributed by atoms with Crippen molar-refractivity contribution in [2.24, 2.45) is 0 Å². The first kappa shape index (κ1) is 22.9. The molecular weight excluding hydrogens is 462 g/mol. The Bertz CT molecular complexity index is 1150. The number of hydrogen-bond acceptors (Lipinski definition) is 8. The van der Waals surface area contributed by atoms with Crippen LogP contribution in [0.5, 0.6) is 0 Å². The topological polar surface area (TPSA) is 88.1 Å². The number of anilines is 2.